The molecule has 4 rings (SSSR count). The minimum atomic E-state index is -0.148. The molecule has 1 saturated heterocycles. The van der Waals surface area contributed by atoms with Gasteiger partial charge in [-0.3, -0.25) is 9.89 Å². The second-order valence-corrected chi connectivity index (χ2v) is 7.13. The van der Waals surface area contributed by atoms with Crippen LogP contribution in [0.15, 0.2) is 24.3 Å². The van der Waals surface area contributed by atoms with Crippen LogP contribution in [-0.2, 0) is 13.0 Å². The smallest absolute Gasteiger partial charge is 0.276 e. The van der Waals surface area contributed by atoms with E-state index < -0.39 is 0 Å². The molecule has 1 fully saturated rings. The molecule has 0 atom stereocenters. The number of nitrogens with one attached hydrogen (secondary N) is 3. The zero-order valence-corrected chi connectivity index (χ0v) is 15.9. The number of fused-ring (bicyclic) bond motifs is 1. The van der Waals surface area contributed by atoms with Gasteiger partial charge in [-0.1, -0.05) is 13.0 Å². The fraction of sp³-hybridized carbons (Fsp3) is 0.474. The number of amides is 1. The van der Waals surface area contributed by atoms with Crippen LogP contribution in [0.2, 0.25) is 0 Å². The highest BCUT2D eigenvalue weighted by Crippen LogP contribution is 2.25. The number of H-pyrrole nitrogens is 1. The summed E-state index contributed by atoms with van der Waals surface area (Å²) in [6.45, 7) is 6.09. The van der Waals surface area contributed by atoms with Crippen LogP contribution >= 0.6 is 12.4 Å². The number of carbonyl (C=O) groups excluding carboxylic acids is 1. The number of piperidine rings is 1. The lowest BCUT2D eigenvalue weighted by atomic mass is 9.99. The second kappa shape index (κ2) is 8.10. The van der Waals surface area contributed by atoms with Crippen molar-refractivity contribution in [3.05, 3.63) is 41.2 Å². The van der Waals surface area contributed by atoms with E-state index in [4.69, 9.17) is 0 Å². The van der Waals surface area contributed by atoms with Gasteiger partial charge >= 0.3 is 0 Å². The Bertz CT molecular complexity index is 767. The number of anilines is 2. The Balaban J connectivity index is 0.00000196. The van der Waals surface area contributed by atoms with Crippen molar-refractivity contribution in [3.63, 3.8) is 0 Å². The highest BCUT2D eigenvalue weighted by atomic mass is 35.5. The first-order valence-electron chi connectivity index (χ1n) is 9.14. The average Bonchev–Trinajstić information content (AvgIpc) is 3.07. The van der Waals surface area contributed by atoms with Crippen LogP contribution in [0.25, 0.3) is 0 Å². The predicted octanol–water partition coefficient (Wildman–Crippen LogP) is 2.97. The Morgan fingerprint density at radius 1 is 1.31 bits per heavy atom. The lowest BCUT2D eigenvalue weighted by Crippen LogP contribution is -2.32. The van der Waals surface area contributed by atoms with E-state index in [1.54, 1.807) is 0 Å². The molecule has 0 bridgehead atoms. The zero-order valence-electron chi connectivity index (χ0n) is 15.0. The quantitative estimate of drug-likeness (QED) is 0.771. The van der Waals surface area contributed by atoms with Gasteiger partial charge in [0.1, 0.15) is 0 Å². The third kappa shape index (κ3) is 3.86. The number of hydrogen-bond donors (Lipinski definition) is 3. The Hall–Kier alpha value is -2.05. The van der Waals surface area contributed by atoms with Crippen molar-refractivity contribution in [1.82, 2.24) is 15.5 Å². The van der Waals surface area contributed by atoms with E-state index in [0.29, 0.717) is 12.2 Å². The van der Waals surface area contributed by atoms with Crippen LogP contribution in [0.5, 0.6) is 0 Å². The van der Waals surface area contributed by atoms with E-state index >= 15 is 0 Å². The Kier molecular flexibility index (Phi) is 5.84. The third-order valence-corrected chi connectivity index (χ3v) is 5.27. The van der Waals surface area contributed by atoms with E-state index in [9.17, 15) is 4.79 Å². The molecular formula is C19H26ClN5O. The SMILES string of the molecule is CC1CCN(c2cccc(NC(=O)c3n[nH]c4c3CNCC4)c2)CC1.Cl. The van der Waals surface area contributed by atoms with Gasteiger partial charge in [0, 0.05) is 55.2 Å². The molecule has 1 aromatic heterocycles. The number of rotatable bonds is 3. The number of benzene rings is 1. The van der Waals surface area contributed by atoms with Crippen molar-refractivity contribution in [1.29, 1.82) is 0 Å². The number of aromatic nitrogens is 2. The van der Waals surface area contributed by atoms with Gasteiger partial charge in [0.05, 0.1) is 0 Å². The molecule has 3 N–H and O–H groups in total. The number of hydrogen-bond acceptors (Lipinski definition) is 4. The Morgan fingerprint density at radius 2 is 2.12 bits per heavy atom. The molecule has 0 saturated carbocycles. The number of aromatic amines is 1. The van der Waals surface area contributed by atoms with Crippen LogP contribution in [-0.4, -0.2) is 35.7 Å². The highest BCUT2D eigenvalue weighted by Gasteiger charge is 2.22. The lowest BCUT2D eigenvalue weighted by Gasteiger charge is -2.32. The summed E-state index contributed by atoms with van der Waals surface area (Å²) in [5.41, 5.74) is 4.56. The average molecular weight is 376 g/mol. The summed E-state index contributed by atoms with van der Waals surface area (Å²) < 4.78 is 0. The third-order valence-electron chi connectivity index (χ3n) is 5.27. The number of halogens is 1. The molecule has 26 heavy (non-hydrogen) atoms. The van der Waals surface area contributed by atoms with Crippen molar-refractivity contribution in [3.8, 4) is 0 Å². The first-order valence-corrected chi connectivity index (χ1v) is 9.14. The van der Waals surface area contributed by atoms with E-state index in [1.165, 1.54) is 18.5 Å². The molecule has 0 unspecified atom stereocenters. The molecule has 0 radical (unpaired) electrons. The minimum Gasteiger partial charge on any atom is -0.371 e. The lowest BCUT2D eigenvalue weighted by molar-refractivity contribution is 0.102. The normalized spacial score (nSPS) is 17.3. The summed E-state index contributed by atoms with van der Waals surface area (Å²) in [6.07, 6.45) is 3.34. The molecule has 2 aliphatic rings. The molecule has 0 aliphatic carbocycles. The van der Waals surface area contributed by atoms with Crippen molar-refractivity contribution in [2.45, 2.75) is 32.7 Å². The van der Waals surface area contributed by atoms with Gasteiger partial charge in [0.2, 0.25) is 0 Å². The van der Waals surface area contributed by atoms with Gasteiger partial charge in [-0.15, -0.1) is 12.4 Å². The zero-order chi connectivity index (χ0) is 17.2. The van der Waals surface area contributed by atoms with Gasteiger partial charge in [-0.25, -0.2) is 0 Å². The first-order chi connectivity index (χ1) is 12.2. The van der Waals surface area contributed by atoms with Gasteiger partial charge in [0.15, 0.2) is 5.69 Å². The van der Waals surface area contributed by atoms with E-state index in [-0.39, 0.29) is 18.3 Å². The molecule has 2 aromatic rings. The Morgan fingerprint density at radius 3 is 2.92 bits per heavy atom. The maximum absolute atomic E-state index is 12.6. The molecule has 1 aromatic carbocycles. The summed E-state index contributed by atoms with van der Waals surface area (Å²) in [4.78, 5) is 15.0. The van der Waals surface area contributed by atoms with Crippen molar-refractivity contribution in [2.75, 3.05) is 29.9 Å². The highest BCUT2D eigenvalue weighted by molar-refractivity contribution is 6.04. The van der Waals surface area contributed by atoms with Gasteiger partial charge in [0.25, 0.3) is 5.91 Å². The van der Waals surface area contributed by atoms with Gasteiger partial charge in [-0.2, -0.15) is 5.10 Å². The Labute approximate surface area is 160 Å². The van der Waals surface area contributed by atoms with Crippen LogP contribution in [0.4, 0.5) is 11.4 Å². The maximum Gasteiger partial charge on any atom is 0.276 e. The van der Waals surface area contributed by atoms with Crippen molar-refractivity contribution < 1.29 is 4.79 Å². The topological polar surface area (TPSA) is 73.0 Å². The molecular weight excluding hydrogens is 350 g/mol. The molecule has 140 valence electrons. The summed E-state index contributed by atoms with van der Waals surface area (Å²) in [6, 6.07) is 8.12. The minimum absolute atomic E-state index is 0. The molecule has 6 nitrogen and oxygen atoms in total. The van der Waals surface area contributed by atoms with Gasteiger partial charge in [-0.05, 0) is 37.0 Å². The van der Waals surface area contributed by atoms with E-state index in [1.807, 2.05) is 12.1 Å². The summed E-state index contributed by atoms with van der Waals surface area (Å²) in [7, 11) is 0. The fourth-order valence-corrected chi connectivity index (χ4v) is 3.65. The largest absolute Gasteiger partial charge is 0.371 e. The summed E-state index contributed by atoms with van der Waals surface area (Å²) in [5, 5.41) is 13.5. The maximum atomic E-state index is 12.6. The molecule has 3 heterocycles. The molecule has 1 amide bonds. The van der Waals surface area contributed by atoms with Crippen LogP contribution in [0, 0.1) is 5.92 Å². The van der Waals surface area contributed by atoms with E-state index in [0.717, 1.165) is 48.9 Å². The first kappa shape index (κ1) is 18.7. The fourth-order valence-electron chi connectivity index (χ4n) is 3.65. The van der Waals surface area contributed by atoms with E-state index in [2.05, 4.69) is 44.8 Å². The molecule has 7 heteroatoms. The molecule has 2 aliphatic heterocycles. The molecule has 0 spiro atoms. The summed E-state index contributed by atoms with van der Waals surface area (Å²) in [5.74, 6) is 0.657. The van der Waals surface area contributed by atoms with Gasteiger partial charge < -0.3 is 15.5 Å². The van der Waals surface area contributed by atoms with Crippen molar-refractivity contribution in [2.24, 2.45) is 5.92 Å². The second-order valence-electron chi connectivity index (χ2n) is 7.13. The van der Waals surface area contributed by atoms with Crippen LogP contribution < -0.4 is 15.5 Å². The summed E-state index contributed by atoms with van der Waals surface area (Å²) >= 11 is 0. The number of nitrogens with zero attached hydrogens (tertiary/aromatic N) is 2. The standard InChI is InChI=1S/C19H25N5O.ClH/c1-13-6-9-24(10-7-13)15-4-2-3-14(11-15)21-19(25)18-16-12-20-8-5-17(16)22-23-18;/h2-4,11,13,20H,5-10,12H2,1H3,(H,21,25)(H,22,23);1H. The number of carbonyl (C=O) groups is 1. The predicted molar refractivity (Wildman–Crippen MR) is 106 cm³/mol. The van der Waals surface area contributed by atoms with Crippen LogP contribution in [0.3, 0.4) is 0 Å². The monoisotopic (exact) mass is 375 g/mol. The van der Waals surface area contributed by atoms with Crippen LogP contribution in [0.1, 0.15) is 41.5 Å². The van der Waals surface area contributed by atoms with Crippen molar-refractivity contribution >= 4 is 29.7 Å².